The van der Waals surface area contributed by atoms with Crippen molar-refractivity contribution in [2.45, 2.75) is 37.5 Å². The second-order valence-corrected chi connectivity index (χ2v) is 9.12. The number of fused-ring (bicyclic) bond motifs is 1. The highest BCUT2D eigenvalue weighted by Crippen LogP contribution is 2.34. The molecular weight excluding hydrogens is 437 g/mol. The lowest BCUT2D eigenvalue weighted by Crippen LogP contribution is -2.34. The molecule has 1 aromatic heterocycles. The van der Waals surface area contributed by atoms with E-state index in [1.165, 1.54) is 36.4 Å². The number of piperidine rings is 1. The summed E-state index contributed by atoms with van der Waals surface area (Å²) in [5, 5.41) is 5.14. The Labute approximate surface area is 197 Å². The molecule has 5 rings (SSSR count). The fourth-order valence-corrected chi connectivity index (χ4v) is 5.09. The molecule has 0 spiro atoms. The number of benzene rings is 3. The van der Waals surface area contributed by atoms with Crippen LogP contribution in [0.2, 0.25) is 0 Å². The molecule has 1 aliphatic heterocycles. The lowest BCUT2D eigenvalue weighted by Gasteiger charge is -2.31. The van der Waals surface area contributed by atoms with Gasteiger partial charge in [0, 0.05) is 23.3 Å². The standard InChI is InChI=1S/C28H27F3N2O/c29-22-7-3-19(4-8-22)25(20-5-9-23(30)10-6-20)2-1-15-33-16-13-21(14-17-33)28-26-12-11-24(31)18-27(26)34-32-28/h3-12,18,21,25H,1-2,13-17H2. The van der Waals surface area contributed by atoms with Crippen molar-refractivity contribution >= 4 is 11.0 Å². The van der Waals surface area contributed by atoms with Gasteiger partial charge in [-0.2, -0.15) is 0 Å². The molecule has 0 aliphatic carbocycles. The molecular formula is C28H27F3N2O. The average molecular weight is 465 g/mol. The van der Waals surface area contributed by atoms with Crippen LogP contribution in [0, 0.1) is 17.5 Å². The second-order valence-electron chi connectivity index (χ2n) is 9.12. The van der Waals surface area contributed by atoms with Crippen LogP contribution in [0.3, 0.4) is 0 Å². The number of likely N-dealkylation sites (tertiary alicyclic amines) is 1. The van der Waals surface area contributed by atoms with Crippen molar-refractivity contribution in [2.24, 2.45) is 0 Å². The van der Waals surface area contributed by atoms with Gasteiger partial charge in [-0.05, 0) is 92.8 Å². The van der Waals surface area contributed by atoms with Crippen LogP contribution in [0.15, 0.2) is 71.3 Å². The van der Waals surface area contributed by atoms with Crippen molar-refractivity contribution in [2.75, 3.05) is 19.6 Å². The Bertz CT molecular complexity index is 1180. The molecule has 3 aromatic carbocycles. The van der Waals surface area contributed by atoms with E-state index in [-0.39, 0.29) is 23.4 Å². The summed E-state index contributed by atoms with van der Waals surface area (Å²) < 4.78 is 45.7. The monoisotopic (exact) mass is 464 g/mol. The predicted molar refractivity (Wildman–Crippen MR) is 126 cm³/mol. The fraction of sp³-hybridized carbons (Fsp3) is 0.321. The van der Waals surface area contributed by atoms with Crippen LogP contribution in [0.4, 0.5) is 13.2 Å². The Hall–Kier alpha value is -3.12. The highest BCUT2D eigenvalue weighted by atomic mass is 19.1. The van der Waals surface area contributed by atoms with Gasteiger partial charge in [0.25, 0.3) is 0 Å². The molecule has 1 aliphatic rings. The van der Waals surface area contributed by atoms with Gasteiger partial charge in [-0.1, -0.05) is 29.4 Å². The van der Waals surface area contributed by atoms with E-state index < -0.39 is 0 Å². The van der Waals surface area contributed by atoms with E-state index in [0.717, 1.165) is 67.5 Å². The molecule has 4 aromatic rings. The molecule has 6 heteroatoms. The normalized spacial score (nSPS) is 15.4. The van der Waals surface area contributed by atoms with Gasteiger partial charge in [-0.15, -0.1) is 0 Å². The van der Waals surface area contributed by atoms with Crippen molar-refractivity contribution in [1.82, 2.24) is 10.1 Å². The Kier molecular flexibility index (Phi) is 6.68. The summed E-state index contributed by atoms with van der Waals surface area (Å²) >= 11 is 0. The lowest BCUT2D eigenvalue weighted by atomic mass is 9.87. The van der Waals surface area contributed by atoms with Crippen LogP contribution >= 0.6 is 0 Å². The number of halogens is 3. The van der Waals surface area contributed by atoms with E-state index in [1.807, 2.05) is 24.3 Å². The third kappa shape index (κ3) is 5.02. The van der Waals surface area contributed by atoms with E-state index >= 15 is 0 Å². The smallest absolute Gasteiger partial charge is 0.170 e. The topological polar surface area (TPSA) is 29.3 Å². The molecule has 0 N–H and O–H groups in total. The van der Waals surface area contributed by atoms with Crippen LogP contribution in [0.25, 0.3) is 11.0 Å². The molecule has 0 unspecified atom stereocenters. The summed E-state index contributed by atoms with van der Waals surface area (Å²) in [5.74, 6) is -0.414. The first kappa shape index (κ1) is 22.7. The molecule has 2 heterocycles. The number of aromatic nitrogens is 1. The summed E-state index contributed by atoms with van der Waals surface area (Å²) in [4.78, 5) is 2.46. The Morgan fingerprint density at radius 3 is 2.03 bits per heavy atom. The van der Waals surface area contributed by atoms with Crippen molar-refractivity contribution in [3.05, 3.63) is 101 Å². The quantitative estimate of drug-likeness (QED) is 0.294. The van der Waals surface area contributed by atoms with Gasteiger partial charge in [-0.3, -0.25) is 0 Å². The summed E-state index contributed by atoms with van der Waals surface area (Å²) in [6.07, 6.45) is 3.85. The van der Waals surface area contributed by atoms with E-state index in [2.05, 4.69) is 10.1 Å². The summed E-state index contributed by atoms with van der Waals surface area (Å²) in [6, 6.07) is 17.8. The lowest BCUT2D eigenvalue weighted by molar-refractivity contribution is 0.205. The molecule has 1 fully saturated rings. The minimum Gasteiger partial charge on any atom is -0.356 e. The number of rotatable bonds is 7. The highest BCUT2D eigenvalue weighted by Gasteiger charge is 2.25. The van der Waals surface area contributed by atoms with E-state index in [0.29, 0.717) is 11.5 Å². The van der Waals surface area contributed by atoms with Crippen LogP contribution < -0.4 is 0 Å². The minimum absolute atomic E-state index is 0.0978. The second kappa shape index (κ2) is 10.0. The third-order valence-corrected chi connectivity index (χ3v) is 6.95. The molecule has 0 amide bonds. The van der Waals surface area contributed by atoms with E-state index in [1.54, 1.807) is 6.07 Å². The molecule has 0 bridgehead atoms. The van der Waals surface area contributed by atoms with E-state index in [9.17, 15) is 13.2 Å². The first-order valence-electron chi connectivity index (χ1n) is 11.8. The third-order valence-electron chi connectivity index (χ3n) is 6.95. The van der Waals surface area contributed by atoms with Gasteiger partial charge in [0.15, 0.2) is 5.58 Å². The zero-order valence-corrected chi connectivity index (χ0v) is 18.9. The van der Waals surface area contributed by atoms with Crippen LogP contribution in [-0.4, -0.2) is 29.7 Å². The first-order chi connectivity index (χ1) is 16.6. The number of hydrogen-bond acceptors (Lipinski definition) is 3. The molecule has 0 saturated carbocycles. The predicted octanol–water partition coefficient (Wildman–Crippen LogP) is 7.04. The van der Waals surface area contributed by atoms with Crippen molar-refractivity contribution < 1.29 is 17.7 Å². The van der Waals surface area contributed by atoms with Crippen molar-refractivity contribution in [3.8, 4) is 0 Å². The van der Waals surface area contributed by atoms with Crippen molar-refractivity contribution in [3.63, 3.8) is 0 Å². The zero-order chi connectivity index (χ0) is 23.5. The maximum absolute atomic E-state index is 13.5. The molecule has 176 valence electrons. The van der Waals surface area contributed by atoms with Gasteiger partial charge in [-0.25, -0.2) is 13.2 Å². The average Bonchev–Trinajstić information content (AvgIpc) is 3.27. The largest absolute Gasteiger partial charge is 0.356 e. The SMILES string of the molecule is Fc1ccc(C(CCCN2CCC(c3noc4cc(F)ccc34)CC2)c2ccc(F)cc2)cc1. The number of nitrogens with zero attached hydrogens (tertiary/aromatic N) is 2. The Balaban J connectivity index is 1.19. The highest BCUT2D eigenvalue weighted by molar-refractivity contribution is 5.79. The van der Waals surface area contributed by atoms with Crippen molar-refractivity contribution in [1.29, 1.82) is 0 Å². The summed E-state index contributed by atoms with van der Waals surface area (Å²) in [6.45, 7) is 2.91. The van der Waals surface area contributed by atoms with Gasteiger partial charge >= 0.3 is 0 Å². The number of hydrogen-bond donors (Lipinski definition) is 0. The minimum atomic E-state index is -0.315. The fourth-order valence-electron chi connectivity index (χ4n) is 5.09. The van der Waals surface area contributed by atoms with Gasteiger partial charge in [0.1, 0.15) is 17.5 Å². The maximum atomic E-state index is 13.5. The van der Waals surface area contributed by atoms with Crippen LogP contribution in [0.1, 0.15) is 54.3 Å². The maximum Gasteiger partial charge on any atom is 0.170 e. The molecule has 0 radical (unpaired) electrons. The van der Waals surface area contributed by atoms with Gasteiger partial charge in [0.2, 0.25) is 0 Å². The van der Waals surface area contributed by atoms with Gasteiger partial charge < -0.3 is 9.42 Å². The molecule has 0 atom stereocenters. The Morgan fingerprint density at radius 2 is 1.41 bits per heavy atom. The molecule has 1 saturated heterocycles. The van der Waals surface area contributed by atoms with Crippen LogP contribution in [0.5, 0.6) is 0 Å². The first-order valence-corrected chi connectivity index (χ1v) is 11.8. The molecule has 34 heavy (non-hydrogen) atoms. The molecule has 3 nitrogen and oxygen atoms in total. The summed E-state index contributed by atoms with van der Waals surface area (Å²) in [7, 11) is 0. The summed E-state index contributed by atoms with van der Waals surface area (Å²) in [5.41, 5.74) is 3.52. The van der Waals surface area contributed by atoms with Gasteiger partial charge in [0.05, 0.1) is 5.69 Å². The van der Waals surface area contributed by atoms with Crippen LogP contribution in [-0.2, 0) is 0 Å². The Morgan fingerprint density at radius 1 is 0.824 bits per heavy atom. The zero-order valence-electron chi connectivity index (χ0n) is 18.9. The van der Waals surface area contributed by atoms with E-state index in [4.69, 9.17) is 4.52 Å².